The van der Waals surface area contributed by atoms with Crippen LogP contribution >= 0.6 is 15.9 Å². The van der Waals surface area contributed by atoms with Crippen LogP contribution in [0.1, 0.15) is 13.8 Å². The number of hydrogen-bond donors (Lipinski definition) is 2. The van der Waals surface area contributed by atoms with Crippen LogP contribution in [0.4, 0.5) is 5.69 Å². The Labute approximate surface area is 134 Å². The minimum atomic E-state index is -3.71. The van der Waals surface area contributed by atoms with Crippen LogP contribution in [0.2, 0.25) is 0 Å². The van der Waals surface area contributed by atoms with Crippen molar-refractivity contribution >= 4 is 31.6 Å². The van der Waals surface area contributed by atoms with Gasteiger partial charge >= 0.3 is 0 Å². The minimum Gasteiger partial charge on any atom is -0.495 e. The lowest BCUT2D eigenvalue weighted by molar-refractivity contribution is 0.199. The zero-order chi connectivity index (χ0) is 16.4. The molecule has 0 fully saturated rings. The number of nitrogens with two attached hydrogens (primary N) is 1. The monoisotopic (exact) mass is 379 g/mol. The number of nitrogen functional groups attached to an aromatic ring is 1. The average molecular weight is 380 g/mol. The molecular formula is C13H22BrN3O3S. The van der Waals surface area contributed by atoms with Crippen molar-refractivity contribution < 1.29 is 13.2 Å². The van der Waals surface area contributed by atoms with Crippen LogP contribution in [-0.2, 0) is 10.0 Å². The maximum absolute atomic E-state index is 12.5. The first-order chi connectivity index (χ1) is 9.51. The van der Waals surface area contributed by atoms with E-state index < -0.39 is 10.0 Å². The number of methoxy groups -OCH3 is 1. The van der Waals surface area contributed by atoms with E-state index in [1.165, 1.54) is 13.2 Å². The largest absolute Gasteiger partial charge is 0.495 e. The van der Waals surface area contributed by atoms with Crippen LogP contribution in [0, 0.1) is 0 Å². The van der Waals surface area contributed by atoms with E-state index in [1.807, 2.05) is 32.8 Å². The Morgan fingerprint density at radius 2 is 1.95 bits per heavy atom. The molecule has 0 aliphatic heterocycles. The van der Waals surface area contributed by atoms with Gasteiger partial charge in [0, 0.05) is 22.2 Å². The van der Waals surface area contributed by atoms with Gasteiger partial charge in [-0.25, -0.2) is 13.1 Å². The summed E-state index contributed by atoms with van der Waals surface area (Å²) in [5.41, 5.74) is 5.79. The summed E-state index contributed by atoms with van der Waals surface area (Å²) in [7, 11) is 1.50. The lowest BCUT2D eigenvalue weighted by Gasteiger charge is -2.32. The number of nitrogens with one attached hydrogen (secondary N) is 1. The molecule has 3 N–H and O–H groups in total. The number of anilines is 1. The fourth-order valence-corrected chi connectivity index (χ4v) is 3.14. The normalized spacial score (nSPS) is 12.7. The molecule has 0 saturated carbocycles. The highest BCUT2D eigenvalue weighted by Crippen LogP contribution is 2.32. The summed E-state index contributed by atoms with van der Waals surface area (Å²) in [6.45, 7) is 4.16. The number of rotatable bonds is 6. The van der Waals surface area contributed by atoms with Crippen LogP contribution in [0.25, 0.3) is 0 Å². The Kier molecular flexibility index (Phi) is 5.65. The van der Waals surface area contributed by atoms with Crippen molar-refractivity contribution in [2.24, 2.45) is 0 Å². The molecule has 0 spiro atoms. The second kappa shape index (κ2) is 6.51. The van der Waals surface area contributed by atoms with E-state index in [0.29, 0.717) is 10.2 Å². The van der Waals surface area contributed by atoms with Crippen LogP contribution in [0.15, 0.2) is 21.5 Å². The van der Waals surface area contributed by atoms with Crippen molar-refractivity contribution in [3.05, 3.63) is 16.6 Å². The molecule has 0 aromatic heterocycles. The highest BCUT2D eigenvalue weighted by atomic mass is 79.9. The van der Waals surface area contributed by atoms with Crippen molar-refractivity contribution in [3.8, 4) is 5.75 Å². The van der Waals surface area contributed by atoms with Crippen molar-refractivity contribution in [2.45, 2.75) is 24.3 Å². The van der Waals surface area contributed by atoms with Gasteiger partial charge in [0.05, 0.1) is 7.11 Å². The van der Waals surface area contributed by atoms with Gasteiger partial charge in [-0.1, -0.05) is 0 Å². The summed E-state index contributed by atoms with van der Waals surface area (Å²) in [5.74, 6) is 0.242. The quantitative estimate of drug-likeness (QED) is 0.734. The fourth-order valence-electron chi connectivity index (χ4n) is 1.43. The predicted molar refractivity (Wildman–Crippen MR) is 88.1 cm³/mol. The summed E-state index contributed by atoms with van der Waals surface area (Å²) < 4.78 is 33.2. The second-order valence-corrected chi connectivity index (χ2v) is 8.15. The Hall–Kier alpha value is -0.830. The molecule has 8 heteroatoms. The number of benzene rings is 1. The van der Waals surface area contributed by atoms with E-state index in [9.17, 15) is 8.42 Å². The van der Waals surface area contributed by atoms with Gasteiger partial charge in [-0.3, -0.25) is 0 Å². The first-order valence-corrected chi connectivity index (χ1v) is 8.59. The molecule has 0 unspecified atom stereocenters. The van der Waals surface area contributed by atoms with Crippen molar-refractivity contribution in [1.29, 1.82) is 0 Å². The van der Waals surface area contributed by atoms with E-state index in [4.69, 9.17) is 10.5 Å². The van der Waals surface area contributed by atoms with E-state index in [-0.39, 0.29) is 22.7 Å². The smallest absolute Gasteiger partial charge is 0.244 e. The molecule has 0 radical (unpaired) electrons. The highest BCUT2D eigenvalue weighted by Gasteiger charge is 2.26. The lowest BCUT2D eigenvalue weighted by atomic mass is 10.1. The van der Waals surface area contributed by atoms with Gasteiger partial charge < -0.3 is 15.4 Å². The van der Waals surface area contributed by atoms with Gasteiger partial charge in [0.1, 0.15) is 10.6 Å². The zero-order valence-corrected chi connectivity index (χ0v) is 15.3. The Balaban J connectivity index is 3.12. The van der Waals surface area contributed by atoms with Crippen LogP contribution in [-0.4, -0.2) is 46.6 Å². The number of hydrogen-bond acceptors (Lipinski definition) is 5. The first kappa shape index (κ1) is 18.2. The molecule has 0 amide bonds. The van der Waals surface area contributed by atoms with Gasteiger partial charge in [-0.05, 0) is 56.0 Å². The predicted octanol–water partition coefficient (Wildman–Crippen LogP) is 1.66. The molecule has 0 heterocycles. The van der Waals surface area contributed by atoms with Gasteiger partial charge in [0.2, 0.25) is 10.0 Å². The third kappa shape index (κ3) is 4.32. The molecule has 0 aliphatic rings. The zero-order valence-electron chi connectivity index (χ0n) is 12.9. The lowest BCUT2D eigenvalue weighted by Crippen LogP contribution is -2.48. The third-order valence-corrected chi connectivity index (χ3v) is 5.59. The molecule has 0 aliphatic carbocycles. The van der Waals surface area contributed by atoms with Gasteiger partial charge in [-0.15, -0.1) is 0 Å². The Morgan fingerprint density at radius 1 is 1.38 bits per heavy atom. The van der Waals surface area contributed by atoms with Crippen LogP contribution < -0.4 is 15.2 Å². The number of halogens is 1. The van der Waals surface area contributed by atoms with Gasteiger partial charge in [0.15, 0.2) is 0 Å². The molecule has 120 valence electrons. The van der Waals surface area contributed by atoms with Crippen LogP contribution in [0.3, 0.4) is 0 Å². The summed E-state index contributed by atoms with van der Waals surface area (Å²) in [4.78, 5) is 1.98. The van der Waals surface area contributed by atoms with Crippen molar-refractivity contribution in [2.75, 3.05) is 33.5 Å². The Morgan fingerprint density at radius 3 is 2.43 bits per heavy atom. The molecule has 0 saturated heterocycles. The van der Waals surface area contributed by atoms with Crippen molar-refractivity contribution in [1.82, 2.24) is 9.62 Å². The highest BCUT2D eigenvalue weighted by molar-refractivity contribution is 9.10. The molecule has 0 bridgehead atoms. The van der Waals surface area contributed by atoms with Gasteiger partial charge in [-0.2, -0.15) is 0 Å². The summed E-state index contributed by atoms with van der Waals surface area (Å²) in [6, 6.07) is 2.93. The maximum Gasteiger partial charge on any atom is 0.244 e. The van der Waals surface area contributed by atoms with E-state index in [2.05, 4.69) is 20.7 Å². The molecular weight excluding hydrogens is 358 g/mol. The van der Waals surface area contributed by atoms with E-state index in [1.54, 1.807) is 6.07 Å². The minimum absolute atomic E-state index is 0.0280. The third-order valence-electron chi connectivity index (χ3n) is 3.48. The summed E-state index contributed by atoms with van der Waals surface area (Å²) in [5, 5.41) is 0. The van der Waals surface area contributed by atoms with E-state index >= 15 is 0 Å². The summed E-state index contributed by atoms with van der Waals surface area (Å²) in [6.07, 6.45) is 0. The van der Waals surface area contributed by atoms with E-state index in [0.717, 1.165) is 0 Å². The molecule has 0 atom stereocenters. The number of ether oxygens (including phenoxy) is 1. The fraction of sp³-hybridized carbons (Fsp3) is 0.538. The molecule has 21 heavy (non-hydrogen) atoms. The number of sulfonamides is 1. The molecule has 1 aromatic carbocycles. The summed E-state index contributed by atoms with van der Waals surface area (Å²) >= 11 is 3.25. The number of nitrogens with zero attached hydrogens (tertiary/aromatic N) is 1. The Bertz CT molecular complexity index is 615. The van der Waals surface area contributed by atoms with Crippen molar-refractivity contribution in [3.63, 3.8) is 0 Å². The van der Waals surface area contributed by atoms with Gasteiger partial charge in [0.25, 0.3) is 0 Å². The average Bonchev–Trinajstić information content (AvgIpc) is 2.39. The van der Waals surface area contributed by atoms with Crippen LogP contribution in [0.5, 0.6) is 5.75 Å². The SMILES string of the molecule is COc1cc(Br)c(N)cc1S(=O)(=O)NCC(C)(C)N(C)C. The standard InChI is InChI=1S/C13H22BrN3O3S/c1-13(2,17(3)4)8-16-21(18,19)12-7-10(15)9(14)6-11(12)20-5/h6-7,16H,8,15H2,1-5H3. The molecule has 6 nitrogen and oxygen atoms in total. The second-order valence-electron chi connectivity index (χ2n) is 5.56. The first-order valence-electron chi connectivity index (χ1n) is 6.31. The molecule has 1 aromatic rings. The topological polar surface area (TPSA) is 84.7 Å². The molecule has 1 rings (SSSR count). The number of likely N-dealkylation sites (N-methyl/N-ethyl adjacent to an activating group) is 1. The maximum atomic E-state index is 12.5.